The van der Waals surface area contributed by atoms with Crippen molar-refractivity contribution in [2.24, 2.45) is 17.8 Å². The normalized spacial score (nSPS) is 27.3. The predicted octanol–water partition coefficient (Wildman–Crippen LogP) is 6.18. The zero-order valence-electron chi connectivity index (χ0n) is 61.2. The maximum absolute atomic E-state index is 15.4. The average Bonchev–Trinajstić information content (AvgIpc) is 1.20. The monoisotopic (exact) mass is 1420 g/mol. The van der Waals surface area contributed by atoms with E-state index in [-0.39, 0.29) is 88.6 Å². The molecule has 3 saturated heterocycles. The zero-order valence-corrected chi connectivity index (χ0v) is 61.2. The number of amides is 11. The molecule has 11 atom stereocenters. The molecule has 2 aromatic carbocycles. The molecule has 1 spiro atoms. The molecule has 5 aliphatic rings. The Kier molecular flexibility index (Phi) is 27.5. The summed E-state index contributed by atoms with van der Waals surface area (Å²) in [5.41, 5.74) is -2.51. The standard InChI is InChI=1S/C73H106F5N11O12/c1-15-44(7)61-69(98)84(12)46(9)65(94)88-33-30-54(88)68(97)87(16-2)57(38-47-26-24-43(6)25-27-47)67(96)82(10)41-58(90)79-53(29-28-48-36-51(74)60(52(75)37-48)73(76,77)78)66(95)89-40-50(101-17-3)39-56(89)64(93)81-72(31-21-32-72)71(100)86(14)62(49-22-19-18-20-23-49)70(99)83(11)45(8)35-59(91)85(13)55(34-42(4)5)63(92)80-61/h24-27,36-37,42,44-46,49-50,53-57,61-62H,15-23,28-35,38-41H2,1-14H3,(H,79,90)(H,80,92)(H,81,93)/t44-,45+,46-,50+,53-,54-,55-,56-,57-,61-,62-/m0/s1. The molecule has 5 fully saturated rings. The minimum atomic E-state index is -5.40. The Hall–Kier alpha value is -7.78. The Morgan fingerprint density at radius 2 is 1.31 bits per heavy atom. The van der Waals surface area contributed by atoms with Gasteiger partial charge in [-0.05, 0) is 133 Å². The number of nitrogens with one attached hydrogen (secondary N) is 3. The molecule has 2 saturated carbocycles. The van der Waals surface area contributed by atoms with Gasteiger partial charge in [-0.15, -0.1) is 0 Å². The SMILES string of the molecule is CCO[C@@H]1C[C@H]2C(=O)NC3(CCC3)C(=O)N(C)[C@@H](C3CCCCC3)C(=O)N(C)[C@H](C)CC(=O)N(C)[C@@H](CC(C)C)C(=O)N[C@@H]([C@@H](C)CC)C(=O)N(C)[C@@H](C)C(=O)N3CC[C@H]3C(=O)N(CC)[C@@H](Cc3ccc(C)cc3)C(=O)N(C)CC(=O)N[C@@H](CCc3cc(F)c(C(F)(F)F)c(F)c3)C(=O)N2C1. The molecule has 3 aliphatic heterocycles. The first kappa shape index (κ1) is 80.5. The van der Waals surface area contributed by atoms with Crippen LogP contribution in [0.2, 0.25) is 0 Å². The van der Waals surface area contributed by atoms with Crippen molar-refractivity contribution in [2.45, 2.75) is 237 Å². The number of ether oxygens (including phenoxy) is 1. The van der Waals surface area contributed by atoms with Crippen molar-refractivity contribution >= 4 is 65.0 Å². The van der Waals surface area contributed by atoms with E-state index in [0.717, 1.165) is 34.6 Å². The van der Waals surface area contributed by atoms with Gasteiger partial charge in [0.2, 0.25) is 65.0 Å². The number of hydrogen-bond acceptors (Lipinski definition) is 12. The van der Waals surface area contributed by atoms with Crippen LogP contribution in [0.25, 0.3) is 0 Å². The number of halogens is 5. The number of nitrogens with zero attached hydrogens (tertiary/aromatic N) is 8. The fraction of sp³-hybridized carbons (Fsp3) is 0.685. The van der Waals surface area contributed by atoms with Gasteiger partial charge in [0.15, 0.2) is 0 Å². The summed E-state index contributed by atoms with van der Waals surface area (Å²) in [6.45, 7) is 14.9. The Morgan fingerprint density at radius 1 is 0.673 bits per heavy atom. The van der Waals surface area contributed by atoms with Crippen LogP contribution < -0.4 is 16.0 Å². The van der Waals surface area contributed by atoms with Crippen molar-refractivity contribution in [3.05, 3.63) is 70.3 Å². The third-order valence-electron chi connectivity index (χ3n) is 21.6. The molecule has 0 radical (unpaired) electrons. The van der Waals surface area contributed by atoms with Gasteiger partial charge >= 0.3 is 6.18 Å². The Morgan fingerprint density at radius 3 is 1.85 bits per heavy atom. The largest absolute Gasteiger partial charge is 0.422 e. The van der Waals surface area contributed by atoms with Gasteiger partial charge in [-0.2, -0.15) is 13.2 Å². The number of aryl methyl sites for hydroxylation is 2. The second kappa shape index (κ2) is 34.5. The van der Waals surface area contributed by atoms with E-state index in [1.807, 2.05) is 39.8 Å². The molecule has 11 amide bonds. The molecule has 3 N–H and O–H groups in total. The quantitative estimate of drug-likeness (QED) is 0.190. The van der Waals surface area contributed by atoms with E-state index in [2.05, 4.69) is 16.0 Å². The number of alkyl halides is 3. The molecule has 560 valence electrons. The molecule has 7 rings (SSSR count). The van der Waals surface area contributed by atoms with Crippen LogP contribution in [0.3, 0.4) is 0 Å². The van der Waals surface area contributed by atoms with Gasteiger partial charge in [-0.1, -0.05) is 83.2 Å². The Balaban J connectivity index is 1.30. The van der Waals surface area contributed by atoms with Gasteiger partial charge in [0.05, 0.1) is 12.6 Å². The Bertz CT molecular complexity index is 3330. The second-order valence-electron chi connectivity index (χ2n) is 29.1. The molecule has 23 nitrogen and oxygen atoms in total. The second-order valence-corrected chi connectivity index (χ2v) is 29.1. The maximum Gasteiger partial charge on any atom is 0.422 e. The topological polar surface area (TPSA) is 259 Å². The molecule has 3 heterocycles. The van der Waals surface area contributed by atoms with Gasteiger partial charge in [0, 0.05) is 86.8 Å². The lowest BCUT2D eigenvalue weighted by atomic mass is 9.74. The highest BCUT2D eigenvalue weighted by molar-refractivity contribution is 6.00. The first-order valence-corrected chi connectivity index (χ1v) is 35.9. The van der Waals surface area contributed by atoms with Crippen molar-refractivity contribution in [3.63, 3.8) is 0 Å². The summed E-state index contributed by atoms with van der Waals surface area (Å²) < 4.78 is 77.7. The zero-order chi connectivity index (χ0) is 74.9. The highest BCUT2D eigenvalue weighted by Crippen LogP contribution is 2.39. The van der Waals surface area contributed by atoms with Gasteiger partial charge in [0.1, 0.15) is 71.1 Å². The molecule has 2 aromatic rings. The van der Waals surface area contributed by atoms with E-state index in [9.17, 15) is 37.1 Å². The lowest BCUT2D eigenvalue weighted by Gasteiger charge is -2.47. The maximum atomic E-state index is 15.4. The minimum Gasteiger partial charge on any atom is -0.377 e. The van der Waals surface area contributed by atoms with Crippen molar-refractivity contribution < 1.29 is 79.4 Å². The number of carbonyl (C=O) groups is 11. The van der Waals surface area contributed by atoms with E-state index < -0.39 is 180 Å². The summed E-state index contributed by atoms with van der Waals surface area (Å²) in [7, 11) is 7.27. The van der Waals surface area contributed by atoms with Crippen LogP contribution in [0, 0.1) is 36.3 Å². The van der Waals surface area contributed by atoms with Crippen LogP contribution in [0.1, 0.15) is 168 Å². The summed E-state index contributed by atoms with van der Waals surface area (Å²) in [5.74, 6) is -12.2. The third kappa shape index (κ3) is 18.7. The highest BCUT2D eigenvalue weighted by Gasteiger charge is 2.54. The van der Waals surface area contributed by atoms with Gasteiger partial charge in [0.25, 0.3) is 0 Å². The molecule has 0 aromatic heterocycles. The first-order chi connectivity index (χ1) is 47.5. The van der Waals surface area contributed by atoms with Crippen LogP contribution in [0.15, 0.2) is 36.4 Å². The van der Waals surface area contributed by atoms with Crippen LogP contribution in [0.4, 0.5) is 22.0 Å². The molecule has 0 unspecified atom stereocenters. The third-order valence-corrected chi connectivity index (χ3v) is 21.6. The average molecular weight is 1420 g/mol. The van der Waals surface area contributed by atoms with E-state index >= 15 is 37.5 Å². The molecule has 2 aliphatic carbocycles. The number of hydrogen-bond donors (Lipinski definition) is 3. The van der Waals surface area contributed by atoms with Crippen LogP contribution in [-0.2, 0) is 76.5 Å². The Labute approximate surface area is 590 Å². The van der Waals surface area contributed by atoms with Gasteiger partial charge in [-0.25, -0.2) is 8.78 Å². The molecular formula is C73H106F5N11O12. The fourth-order valence-corrected chi connectivity index (χ4v) is 14.8. The van der Waals surface area contributed by atoms with Crippen molar-refractivity contribution in [1.29, 1.82) is 0 Å². The number of rotatable bonds is 13. The summed E-state index contributed by atoms with van der Waals surface area (Å²) in [6.07, 6.45) is -2.48. The molecule has 0 bridgehead atoms. The van der Waals surface area contributed by atoms with E-state index in [1.165, 1.54) is 64.5 Å². The summed E-state index contributed by atoms with van der Waals surface area (Å²) >= 11 is 0. The smallest absolute Gasteiger partial charge is 0.377 e. The lowest BCUT2D eigenvalue weighted by Crippen LogP contribution is -2.68. The fourth-order valence-electron chi connectivity index (χ4n) is 14.8. The van der Waals surface area contributed by atoms with E-state index in [1.54, 1.807) is 46.9 Å². The van der Waals surface area contributed by atoms with Crippen molar-refractivity contribution in [2.75, 3.05) is 68.0 Å². The van der Waals surface area contributed by atoms with Gasteiger partial charge in [-0.3, -0.25) is 52.7 Å². The molecule has 28 heteroatoms. The van der Waals surface area contributed by atoms with E-state index in [4.69, 9.17) is 4.74 Å². The number of benzene rings is 2. The van der Waals surface area contributed by atoms with Crippen molar-refractivity contribution in [3.8, 4) is 0 Å². The molecule has 101 heavy (non-hydrogen) atoms. The van der Waals surface area contributed by atoms with Crippen LogP contribution >= 0.6 is 0 Å². The molecular weight excluding hydrogens is 1320 g/mol. The summed E-state index contributed by atoms with van der Waals surface area (Å²) in [6, 6.07) is -2.71. The summed E-state index contributed by atoms with van der Waals surface area (Å²) in [5, 5.41) is 8.55. The van der Waals surface area contributed by atoms with Crippen LogP contribution in [0.5, 0.6) is 0 Å². The predicted molar refractivity (Wildman–Crippen MR) is 365 cm³/mol. The number of likely N-dealkylation sites (N-methyl/N-ethyl adjacent to an activating group) is 6. The number of carbonyl (C=O) groups excluding carboxylic acids is 11. The minimum absolute atomic E-state index is 0.0692. The van der Waals surface area contributed by atoms with E-state index in [0.29, 0.717) is 43.4 Å². The van der Waals surface area contributed by atoms with Crippen molar-refractivity contribution in [1.82, 2.24) is 55.1 Å². The number of fused-ring (bicyclic) bond motifs is 2. The lowest BCUT2D eigenvalue weighted by molar-refractivity contribution is -0.160. The van der Waals surface area contributed by atoms with Crippen LogP contribution in [-0.4, -0.2) is 238 Å². The highest BCUT2D eigenvalue weighted by atomic mass is 19.4. The summed E-state index contributed by atoms with van der Waals surface area (Å²) in [4.78, 5) is 175. The van der Waals surface area contributed by atoms with Gasteiger partial charge < -0.3 is 59.9 Å². The first-order valence-electron chi connectivity index (χ1n) is 35.9.